The molecule has 3 aliphatic rings. The summed E-state index contributed by atoms with van der Waals surface area (Å²) in [5.74, 6) is -0.187. The van der Waals surface area contributed by atoms with Crippen molar-refractivity contribution in [1.82, 2.24) is 0 Å². The van der Waals surface area contributed by atoms with Crippen LogP contribution in [-0.2, 0) is 9.59 Å². The Kier molecular flexibility index (Phi) is 7.41. The van der Waals surface area contributed by atoms with Gasteiger partial charge < -0.3 is 10.2 Å². The summed E-state index contributed by atoms with van der Waals surface area (Å²) in [6.45, 7) is 17.6. The van der Waals surface area contributed by atoms with E-state index < -0.39 is 11.9 Å². The number of rotatable bonds is 9. The van der Waals surface area contributed by atoms with E-state index in [0.29, 0.717) is 23.8 Å². The Morgan fingerprint density at radius 2 is 1.85 bits per heavy atom. The second-order valence-electron chi connectivity index (χ2n) is 12.0. The Labute approximate surface area is 205 Å². The van der Waals surface area contributed by atoms with Crippen LogP contribution in [0, 0.1) is 34.0 Å². The van der Waals surface area contributed by atoms with E-state index in [4.69, 9.17) is 5.11 Å². The van der Waals surface area contributed by atoms with Crippen molar-refractivity contribution in [2.24, 2.45) is 34.0 Å². The molecule has 1 unspecified atom stereocenters. The Bertz CT molecular complexity index is 953. The third-order valence-electron chi connectivity index (χ3n) is 10.1. The fourth-order valence-corrected chi connectivity index (χ4v) is 7.74. The third kappa shape index (κ3) is 4.33. The van der Waals surface area contributed by atoms with E-state index in [-0.39, 0.29) is 28.6 Å². The quantitative estimate of drug-likeness (QED) is 0.270. The summed E-state index contributed by atoms with van der Waals surface area (Å²) in [6, 6.07) is 0. The van der Waals surface area contributed by atoms with Crippen LogP contribution in [0.15, 0.2) is 47.1 Å². The normalized spacial score (nSPS) is 36.1. The molecule has 0 aromatic rings. The summed E-state index contributed by atoms with van der Waals surface area (Å²) in [5, 5.41) is 18.6. The molecule has 3 rings (SSSR count). The molecule has 0 aromatic carbocycles. The van der Waals surface area contributed by atoms with Gasteiger partial charge in [-0.2, -0.15) is 0 Å². The lowest BCUT2D eigenvalue weighted by atomic mass is 9.48. The van der Waals surface area contributed by atoms with Gasteiger partial charge in [0, 0.05) is 12.0 Å². The number of aliphatic carboxylic acids is 2. The topological polar surface area (TPSA) is 74.6 Å². The summed E-state index contributed by atoms with van der Waals surface area (Å²) in [5.41, 5.74) is 4.45. The Morgan fingerprint density at radius 3 is 2.44 bits per heavy atom. The van der Waals surface area contributed by atoms with Gasteiger partial charge in [0.15, 0.2) is 0 Å². The lowest BCUT2D eigenvalue weighted by molar-refractivity contribution is -0.137. The maximum atomic E-state index is 11.5. The fourth-order valence-electron chi connectivity index (χ4n) is 7.74. The van der Waals surface area contributed by atoms with Gasteiger partial charge >= 0.3 is 11.9 Å². The SMILES string of the molecule is C=C(C)C1CC=C2C(=CC[C@]3(C)[C@@H]([C@H](C)CCC=C(C)C(=O)O)CC[C@@]23C)[C@@]1(C)CCC(=O)O. The second kappa shape index (κ2) is 9.51. The number of carboxylic acid groups (broad SMARTS) is 2. The van der Waals surface area contributed by atoms with E-state index in [1.54, 1.807) is 6.92 Å². The molecule has 1 saturated carbocycles. The first-order valence-electron chi connectivity index (χ1n) is 13.0. The lowest BCUT2D eigenvalue weighted by Crippen LogP contribution is -2.47. The maximum absolute atomic E-state index is 11.5. The summed E-state index contributed by atoms with van der Waals surface area (Å²) < 4.78 is 0. The van der Waals surface area contributed by atoms with E-state index in [1.807, 2.05) is 6.08 Å². The van der Waals surface area contributed by atoms with Gasteiger partial charge in [0.25, 0.3) is 0 Å². The zero-order valence-corrected chi connectivity index (χ0v) is 22.0. The molecule has 0 aliphatic heterocycles. The standard InChI is InChI=1S/C30H44O4/c1-19(2)22-11-12-25-24(28(22,5)16-15-26(31)32)14-18-29(6)23(13-17-30(25,29)7)20(3)9-8-10-21(4)27(33)34/h10,12,14,20,22-23H,1,8-9,11,13,15-18H2,2-7H3,(H,31,32)(H,33,34)/t20-,22?,23-,28+,29-,30+/m1/s1. The van der Waals surface area contributed by atoms with Crippen molar-refractivity contribution in [2.75, 3.05) is 0 Å². The van der Waals surface area contributed by atoms with E-state index >= 15 is 0 Å². The molecular formula is C30H44O4. The molecule has 34 heavy (non-hydrogen) atoms. The summed E-state index contributed by atoms with van der Waals surface area (Å²) in [7, 11) is 0. The molecule has 3 aliphatic carbocycles. The number of hydrogen-bond donors (Lipinski definition) is 2. The van der Waals surface area contributed by atoms with Crippen molar-refractivity contribution in [3.05, 3.63) is 47.1 Å². The molecule has 0 spiro atoms. The zero-order valence-electron chi connectivity index (χ0n) is 22.0. The highest BCUT2D eigenvalue weighted by atomic mass is 16.4. The van der Waals surface area contributed by atoms with E-state index in [2.05, 4.69) is 53.3 Å². The molecular weight excluding hydrogens is 424 g/mol. The number of allylic oxidation sites excluding steroid dienone is 6. The van der Waals surface area contributed by atoms with Crippen molar-refractivity contribution in [3.8, 4) is 0 Å². The van der Waals surface area contributed by atoms with Crippen LogP contribution in [0.25, 0.3) is 0 Å². The van der Waals surface area contributed by atoms with Gasteiger partial charge in [-0.1, -0.05) is 58.1 Å². The first-order valence-corrected chi connectivity index (χ1v) is 13.0. The van der Waals surface area contributed by atoms with Crippen LogP contribution in [0.4, 0.5) is 0 Å². The van der Waals surface area contributed by atoms with Crippen LogP contribution in [0.5, 0.6) is 0 Å². The molecule has 0 heterocycles. The van der Waals surface area contributed by atoms with Crippen LogP contribution in [0.1, 0.15) is 92.9 Å². The minimum absolute atomic E-state index is 0.0767. The predicted octanol–water partition coefficient (Wildman–Crippen LogP) is 7.58. The zero-order chi connectivity index (χ0) is 25.5. The smallest absolute Gasteiger partial charge is 0.330 e. The monoisotopic (exact) mass is 468 g/mol. The highest BCUT2D eigenvalue weighted by molar-refractivity contribution is 5.85. The van der Waals surface area contributed by atoms with Crippen LogP contribution < -0.4 is 0 Å². The Hall–Kier alpha value is -2.10. The lowest BCUT2D eigenvalue weighted by Gasteiger charge is -2.56. The molecule has 0 aromatic heterocycles. The van der Waals surface area contributed by atoms with E-state index in [1.165, 1.54) is 17.6 Å². The predicted molar refractivity (Wildman–Crippen MR) is 137 cm³/mol. The molecule has 188 valence electrons. The van der Waals surface area contributed by atoms with E-state index in [0.717, 1.165) is 37.7 Å². The van der Waals surface area contributed by atoms with Gasteiger partial charge in [-0.15, -0.1) is 0 Å². The molecule has 1 fully saturated rings. The molecule has 4 heteroatoms. The largest absolute Gasteiger partial charge is 0.481 e. The van der Waals surface area contributed by atoms with Crippen molar-refractivity contribution in [3.63, 3.8) is 0 Å². The Morgan fingerprint density at radius 1 is 1.18 bits per heavy atom. The molecule has 0 radical (unpaired) electrons. The molecule has 0 amide bonds. The van der Waals surface area contributed by atoms with Crippen molar-refractivity contribution in [1.29, 1.82) is 0 Å². The minimum Gasteiger partial charge on any atom is -0.481 e. The molecule has 0 saturated heterocycles. The third-order valence-corrected chi connectivity index (χ3v) is 10.1. The van der Waals surface area contributed by atoms with Gasteiger partial charge in [-0.25, -0.2) is 4.79 Å². The van der Waals surface area contributed by atoms with Gasteiger partial charge in [-0.3, -0.25) is 4.79 Å². The van der Waals surface area contributed by atoms with Gasteiger partial charge in [0.05, 0.1) is 0 Å². The Balaban J connectivity index is 1.91. The average molecular weight is 469 g/mol. The summed E-state index contributed by atoms with van der Waals surface area (Å²) >= 11 is 0. The van der Waals surface area contributed by atoms with Crippen molar-refractivity contribution < 1.29 is 19.8 Å². The van der Waals surface area contributed by atoms with Gasteiger partial charge in [0.2, 0.25) is 0 Å². The molecule has 4 nitrogen and oxygen atoms in total. The minimum atomic E-state index is -0.832. The molecule has 6 atom stereocenters. The van der Waals surface area contributed by atoms with Crippen LogP contribution in [0.2, 0.25) is 0 Å². The highest BCUT2D eigenvalue weighted by Crippen LogP contribution is 2.70. The summed E-state index contributed by atoms with van der Waals surface area (Å²) in [6.07, 6.45) is 13.7. The van der Waals surface area contributed by atoms with Crippen molar-refractivity contribution in [2.45, 2.75) is 92.9 Å². The number of carboxylic acids is 2. The number of fused-ring (bicyclic) bond motifs is 3. The summed E-state index contributed by atoms with van der Waals surface area (Å²) in [4.78, 5) is 22.6. The van der Waals surface area contributed by atoms with Gasteiger partial charge in [-0.05, 0) is 104 Å². The van der Waals surface area contributed by atoms with Crippen LogP contribution >= 0.6 is 0 Å². The first-order chi connectivity index (χ1) is 15.8. The second-order valence-corrected chi connectivity index (χ2v) is 12.0. The average Bonchev–Trinajstić information content (AvgIpc) is 3.03. The molecule has 2 N–H and O–H groups in total. The highest BCUT2D eigenvalue weighted by Gasteiger charge is 2.60. The maximum Gasteiger partial charge on any atom is 0.330 e. The number of hydrogen-bond acceptors (Lipinski definition) is 2. The van der Waals surface area contributed by atoms with Gasteiger partial charge in [0.1, 0.15) is 0 Å². The fraction of sp³-hybridized carbons (Fsp3) is 0.667. The number of carbonyl (C=O) groups is 2. The first kappa shape index (κ1) is 26.5. The van der Waals surface area contributed by atoms with Crippen molar-refractivity contribution >= 4 is 11.9 Å². The van der Waals surface area contributed by atoms with Crippen LogP contribution in [-0.4, -0.2) is 22.2 Å². The van der Waals surface area contributed by atoms with E-state index in [9.17, 15) is 14.7 Å². The molecule has 0 bridgehead atoms. The van der Waals surface area contributed by atoms with Crippen LogP contribution in [0.3, 0.4) is 0 Å².